The molecule has 37 heavy (non-hydrogen) atoms. The summed E-state index contributed by atoms with van der Waals surface area (Å²) in [6.07, 6.45) is 8.16. The number of carbonyl (C=O) groups is 3. The molecule has 3 atom stereocenters. The summed E-state index contributed by atoms with van der Waals surface area (Å²) in [5.74, 6) is 2.10. The van der Waals surface area contributed by atoms with Gasteiger partial charge in [0.1, 0.15) is 11.6 Å². The smallest absolute Gasteiger partial charge is 0.414 e. The van der Waals surface area contributed by atoms with Crippen molar-refractivity contribution in [3.63, 3.8) is 0 Å². The number of ketones is 1. The normalized spacial score (nSPS) is 24.7. The Kier molecular flexibility index (Phi) is 7.28. The number of Topliss-reactive ketones (excluding diaryl/α,β-unsaturated/α-hetero) is 1. The summed E-state index contributed by atoms with van der Waals surface area (Å²) in [6, 6.07) is 4.49. The summed E-state index contributed by atoms with van der Waals surface area (Å²) in [6.45, 7) is 7.04. The van der Waals surface area contributed by atoms with Gasteiger partial charge in [-0.05, 0) is 76.8 Å². The van der Waals surface area contributed by atoms with E-state index in [0.717, 1.165) is 99.0 Å². The third kappa shape index (κ3) is 4.87. The maximum Gasteiger partial charge on any atom is 0.414 e. The van der Waals surface area contributed by atoms with Crippen molar-refractivity contribution in [2.45, 2.75) is 90.6 Å². The molecular formula is C29H40N4O4. The number of rotatable bonds is 4. The number of aromatic nitrogens is 2. The second-order valence-electron chi connectivity index (χ2n) is 11.3. The number of methoxy groups -OCH3 is 1. The van der Waals surface area contributed by atoms with Crippen LogP contribution < -0.4 is 4.90 Å². The Morgan fingerprint density at radius 1 is 1.05 bits per heavy atom. The van der Waals surface area contributed by atoms with Crippen molar-refractivity contribution in [3.05, 3.63) is 23.5 Å². The van der Waals surface area contributed by atoms with Gasteiger partial charge in [-0.1, -0.05) is 6.42 Å². The lowest BCUT2D eigenvalue weighted by Crippen LogP contribution is -2.42. The summed E-state index contributed by atoms with van der Waals surface area (Å²) >= 11 is 0. The second kappa shape index (κ2) is 10.5. The summed E-state index contributed by atoms with van der Waals surface area (Å²) in [4.78, 5) is 45.8. The van der Waals surface area contributed by atoms with Gasteiger partial charge in [0, 0.05) is 50.0 Å². The number of ether oxygens (including phenoxy) is 1. The van der Waals surface area contributed by atoms with Crippen molar-refractivity contribution in [2.75, 3.05) is 25.1 Å². The lowest BCUT2D eigenvalue weighted by atomic mass is 9.83. The molecule has 0 N–H and O–H groups in total. The molecule has 2 fully saturated rings. The number of carbonyl (C=O) groups excluding carboxylic acids is 3. The molecule has 200 valence electrons. The second-order valence-corrected chi connectivity index (χ2v) is 11.3. The van der Waals surface area contributed by atoms with Crippen molar-refractivity contribution < 1.29 is 19.1 Å². The molecule has 8 nitrogen and oxygen atoms in total. The molecular weight excluding hydrogens is 468 g/mol. The van der Waals surface area contributed by atoms with Crippen LogP contribution in [0.1, 0.15) is 83.1 Å². The highest BCUT2D eigenvalue weighted by molar-refractivity contribution is 5.95. The van der Waals surface area contributed by atoms with Gasteiger partial charge in [-0.25, -0.2) is 9.78 Å². The van der Waals surface area contributed by atoms with Crippen LogP contribution in [-0.2, 0) is 27.2 Å². The fourth-order valence-corrected chi connectivity index (χ4v) is 6.85. The van der Waals surface area contributed by atoms with E-state index in [0.29, 0.717) is 5.92 Å². The van der Waals surface area contributed by atoms with Crippen LogP contribution in [0.3, 0.4) is 0 Å². The lowest BCUT2D eigenvalue weighted by molar-refractivity contribution is -0.130. The van der Waals surface area contributed by atoms with Gasteiger partial charge in [0.05, 0.1) is 23.8 Å². The number of aryl methyl sites for hydroxylation is 1. The van der Waals surface area contributed by atoms with E-state index in [4.69, 9.17) is 9.72 Å². The molecule has 2 aromatic rings. The topological polar surface area (TPSA) is 84.7 Å². The maximum atomic E-state index is 12.7. The van der Waals surface area contributed by atoms with Crippen molar-refractivity contribution in [2.24, 2.45) is 11.8 Å². The van der Waals surface area contributed by atoms with Crippen LogP contribution in [0, 0.1) is 11.8 Å². The first-order valence-corrected chi connectivity index (χ1v) is 13.9. The van der Waals surface area contributed by atoms with Crippen LogP contribution in [-0.4, -0.2) is 58.5 Å². The van der Waals surface area contributed by atoms with E-state index in [9.17, 15) is 14.4 Å². The predicted octanol–water partition coefficient (Wildman–Crippen LogP) is 5.07. The molecule has 3 heterocycles. The number of amides is 2. The summed E-state index contributed by atoms with van der Waals surface area (Å²) in [5.41, 5.74) is 4.11. The third-order valence-corrected chi connectivity index (χ3v) is 9.02. The number of imidazole rings is 1. The highest BCUT2D eigenvalue weighted by Crippen LogP contribution is 2.41. The van der Waals surface area contributed by atoms with Gasteiger partial charge >= 0.3 is 6.09 Å². The minimum atomic E-state index is -0.332. The summed E-state index contributed by atoms with van der Waals surface area (Å²) in [5, 5.41) is 0. The van der Waals surface area contributed by atoms with Gasteiger partial charge in [0.15, 0.2) is 0 Å². The summed E-state index contributed by atoms with van der Waals surface area (Å²) < 4.78 is 7.55. The first kappa shape index (κ1) is 25.7. The van der Waals surface area contributed by atoms with Gasteiger partial charge < -0.3 is 14.2 Å². The number of nitrogens with zero attached hydrogens (tertiary/aromatic N) is 4. The summed E-state index contributed by atoms with van der Waals surface area (Å²) in [7, 11) is 1.43. The molecule has 0 bridgehead atoms. The average molecular weight is 509 g/mol. The van der Waals surface area contributed by atoms with E-state index in [1.165, 1.54) is 7.11 Å². The van der Waals surface area contributed by atoms with Crippen LogP contribution in [0.5, 0.6) is 0 Å². The minimum absolute atomic E-state index is 0.0695. The van der Waals surface area contributed by atoms with Gasteiger partial charge in [-0.3, -0.25) is 14.5 Å². The molecule has 3 aliphatic rings. The van der Waals surface area contributed by atoms with E-state index in [1.807, 2.05) is 4.90 Å². The molecule has 5 rings (SSSR count). The van der Waals surface area contributed by atoms with E-state index >= 15 is 0 Å². The Bertz CT molecular complexity index is 1200. The quantitative estimate of drug-likeness (QED) is 0.576. The molecule has 1 aliphatic carbocycles. The van der Waals surface area contributed by atoms with Crippen molar-refractivity contribution in [3.8, 4) is 0 Å². The zero-order chi connectivity index (χ0) is 26.3. The fraction of sp³-hybridized carbons (Fsp3) is 0.655. The van der Waals surface area contributed by atoms with Gasteiger partial charge in [0.25, 0.3) is 0 Å². The number of benzene rings is 1. The van der Waals surface area contributed by atoms with Crippen LogP contribution in [0.25, 0.3) is 11.0 Å². The molecule has 0 radical (unpaired) electrons. The number of fused-ring (bicyclic) bond motifs is 3. The number of likely N-dealkylation sites (tertiary alicyclic amines) is 1. The number of anilines is 1. The molecule has 1 saturated heterocycles. The lowest BCUT2D eigenvalue weighted by Gasteiger charge is -2.34. The van der Waals surface area contributed by atoms with E-state index in [1.54, 1.807) is 18.7 Å². The highest BCUT2D eigenvalue weighted by atomic mass is 16.5. The molecule has 1 saturated carbocycles. The standard InChI is InChI=1S/C29H40N4O4/c1-18-8-9-24-25(32(18)29(36)37-4)10-11-26-28(24)30-27(16-21-12-14-31(15-13-21)20(3)35)33(26)23-7-5-6-22(17-23)19(2)34/h10-11,18,21-23H,5-9,12-17H2,1-4H3/t18-,22+,23+/m0/s1. The first-order chi connectivity index (χ1) is 17.8. The predicted molar refractivity (Wildman–Crippen MR) is 143 cm³/mol. The number of hydrogen-bond donors (Lipinski definition) is 0. The Balaban J connectivity index is 1.55. The fourth-order valence-electron chi connectivity index (χ4n) is 6.85. The average Bonchev–Trinajstić information content (AvgIpc) is 3.26. The van der Waals surface area contributed by atoms with E-state index < -0.39 is 0 Å². The Morgan fingerprint density at radius 2 is 1.81 bits per heavy atom. The number of hydrogen-bond acceptors (Lipinski definition) is 5. The minimum Gasteiger partial charge on any atom is -0.452 e. The first-order valence-electron chi connectivity index (χ1n) is 13.9. The van der Waals surface area contributed by atoms with Crippen LogP contribution >= 0.6 is 0 Å². The molecule has 2 amide bonds. The molecule has 0 unspecified atom stereocenters. The molecule has 1 aromatic carbocycles. The number of piperidine rings is 1. The Morgan fingerprint density at radius 3 is 2.49 bits per heavy atom. The Hall–Kier alpha value is -2.90. The maximum absolute atomic E-state index is 12.7. The Labute approximate surface area is 219 Å². The zero-order valence-corrected chi connectivity index (χ0v) is 22.7. The van der Waals surface area contributed by atoms with E-state index in [2.05, 4.69) is 23.6 Å². The zero-order valence-electron chi connectivity index (χ0n) is 22.7. The van der Waals surface area contributed by atoms with Crippen LogP contribution in [0.4, 0.5) is 10.5 Å². The van der Waals surface area contributed by atoms with Crippen molar-refractivity contribution in [1.82, 2.24) is 14.5 Å². The van der Waals surface area contributed by atoms with Crippen LogP contribution in [0.2, 0.25) is 0 Å². The molecule has 1 aromatic heterocycles. The molecule has 0 spiro atoms. The SMILES string of the molecule is COC(=O)N1c2ccc3c(nc(CC4CCN(C(C)=O)CC4)n3[C@@H]3CCC[C@@H](C(C)=O)C3)c2CC[C@@H]1C. The van der Waals surface area contributed by atoms with Gasteiger partial charge in [0.2, 0.25) is 5.91 Å². The van der Waals surface area contributed by atoms with E-state index in [-0.39, 0.29) is 35.8 Å². The van der Waals surface area contributed by atoms with Crippen LogP contribution in [0.15, 0.2) is 12.1 Å². The molecule has 8 heteroatoms. The van der Waals surface area contributed by atoms with Gasteiger partial charge in [-0.15, -0.1) is 0 Å². The monoisotopic (exact) mass is 508 g/mol. The highest BCUT2D eigenvalue weighted by Gasteiger charge is 2.34. The largest absolute Gasteiger partial charge is 0.452 e. The van der Waals surface area contributed by atoms with Gasteiger partial charge in [-0.2, -0.15) is 0 Å². The van der Waals surface area contributed by atoms with Crippen molar-refractivity contribution >= 4 is 34.5 Å². The third-order valence-electron chi connectivity index (χ3n) is 9.02. The molecule has 2 aliphatic heterocycles. The van der Waals surface area contributed by atoms with Crippen molar-refractivity contribution in [1.29, 1.82) is 0 Å².